The molecule has 0 aliphatic heterocycles. The summed E-state index contributed by atoms with van der Waals surface area (Å²) in [5, 5.41) is 3.27. The van der Waals surface area contributed by atoms with Crippen molar-refractivity contribution in [2.24, 2.45) is 0 Å². The van der Waals surface area contributed by atoms with Gasteiger partial charge in [-0.25, -0.2) is 15.0 Å². The minimum absolute atomic E-state index is 0.712. The molecule has 6 heteroatoms. The van der Waals surface area contributed by atoms with Crippen molar-refractivity contribution in [3.63, 3.8) is 0 Å². The van der Waals surface area contributed by atoms with Crippen LogP contribution in [0.15, 0.2) is 140 Å². The molecule has 0 atom stereocenters. The van der Waals surface area contributed by atoms with Crippen molar-refractivity contribution < 1.29 is 0 Å². The van der Waals surface area contributed by atoms with Crippen LogP contribution in [0, 0.1) is 13.8 Å². The molecule has 0 aliphatic carbocycles. The van der Waals surface area contributed by atoms with E-state index in [4.69, 9.17) is 15.0 Å². The monoisotopic (exact) mass is 647 g/mol. The van der Waals surface area contributed by atoms with E-state index in [0.29, 0.717) is 5.82 Å². The highest BCUT2D eigenvalue weighted by Gasteiger charge is 2.16. The molecule has 9 rings (SSSR count). The van der Waals surface area contributed by atoms with E-state index >= 15 is 0 Å². The standard InChI is InChI=1S/C43H29N5S/c1-26-10-14-29(15-11-26)38-25-39(46-43(45-38)31-16-12-27(2)13-17-31)33-7-5-6-32(24-33)28-18-20-30(21-19-28)41-35-22-23-37-42(48-49-47-37)40(35)34-8-3-4-9-36(34)44-41/h3-25H,1-2H3. The second-order valence-corrected chi connectivity index (χ2v) is 13.0. The topological polar surface area (TPSA) is 64.5 Å². The van der Waals surface area contributed by atoms with Crippen LogP contribution >= 0.6 is 11.7 Å². The summed E-state index contributed by atoms with van der Waals surface area (Å²) in [4.78, 5) is 15.2. The Morgan fingerprint density at radius 3 is 1.86 bits per heavy atom. The molecule has 3 heterocycles. The average Bonchev–Trinajstić information content (AvgIpc) is 3.64. The first-order valence-electron chi connectivity index (χ1n) is 16.3. The molecule has 0 aliphatic rings. The number of aromatic nitrogens is 5. The first-order valence-corrected chi connectivity index (χ1v) is 17.0. The number of fused-ring (bicyclic) bond motifs is 5. The summed E-state index contributed by atoms with van der Waals surface area (Å²) < 4.78 is 9.17. The number of hydrogen-bond acceptors (Lipinski definition) is 6. The van der Waals surface area contributed by atoms with E-state index in [2.05, 4.69) is 150 Å². The van der Waals surface area contributed by atoms with Gasteiger partial charge in [0.05, 0.1) is 34.3 Å². The largest absolute Gasteiger partial charge is 0.247 e. The van der Waals surface area contributed by atoms with Crippen LogP contribution in [0.4, 0.5) is 0 Å². The zero-order valence-corrected chi connectivity index (χ0v) is 27.7. The van der Waals surface area contributed by atoms with Crippen LogP contribution in [0.5, 0.6) is 0 Å². The Labute approximate surface area is 288 Å². The Morgan fingerprint density at radius 1 is 0.429 bits per heavy atom. The summed E-state index contributed by atoms with van der Waals surface area (Å²) in [6.07, 6.45) is 0. The molecule has 0 radical (unpaired) electrons. The molecule has 9 aromatic rings. The third-order valence-electron chi connectivity index (χ3n) is 9.12. The van der Waals surface area contributed by atoms with Gasteiger partial charge in [0.1, 0.15) is 11.0 Å². The first-order chi connectivity index (χ1) is 24.1. The SMILES string of the molecule is Cc1ccc(-c2cc(-c3cccc(-c4ccc(-c5nc6ccccc6c6c5ccc5nsnc56)cc4)c3)nc(-c3ccc(C)cc3)n2)cc1. The molecule has 6 aromatic carbocycles. The van der Waals surface area contributed by atoms with Gasteiger partial charge in [-0.2, -0.15) is 8.75 Å². The van der Waals surface area contributed by atoms with Gasteiger partial charge in [-0.3, -0.25) is 0 Å². The van der Waals surface area contributed by atoms with E-state index in [-0.39, 0.29) is 0 Å². The fraction of sp³-hybridized carbons (Fsp3) is 0.0465. The van der Waals surface area contributed by atoms with Crippen LogP contribution in [0.3, 0.4) is 0 Å². The van der Waals surface area contributed by atoms with Crippen molar-refractivity contribution >= 4 is 44.4 Å². The fourth-order valence-corrected chi connectivity index (χ4v) is 7.02. The first kappa shape index (κ1) is 29.1. The summed E-state index contributed by atoms with van der Waals surface area (Å²) >= 11 is 1.25. The third-order valence-corrected chi connectivity index (χ3v) is 9.66. The lowest BCUT2D eigenvalue weighted by atomic mass is 9.96. The zero-order valence-electron chi connectivity index (χ0n) is 26.9. The van der Waals surface area contributed by atoms with Crippen molar-refractivity contribution in [1.82, 2.24) is 23.7 Å². The molecular formula is C43H29N5S. The van der Waals surface area contributed by atoms with E-state index < -0.39 is 0 Å². The Bertz CT molecular complexity index is 2600. The van der Waals surface area contributed by atoms with Crippen LogP contribution in [0.25, 0.3) is 89.0 Å². The van der Waals surface area contributed by atoms with Crippen molar-refractivity contribution in [1.29, 1.82) is 0 Å². The molecule has 49 heavy (non-hydrogen) atoms. The Morgan fingerprint density at radius 2 is 1.08 bits per heavy atom. The molecule has 0 unspecified atom stereocenters. The van der Waals surface area contributed by atoms with Crippen molar-refractivity contribution in [2.45, 2.75) is 13.8 Å². The predicted molar refractivity (Wildman–Crippen MR) is 202 cm³/mol. The van der Waals surface area contributed by atoms with Gasteiger partial charge in [0, 0.05) is 38.4 Å². The summed E-state index contributed by atoms with van der Waals surface area (Å²) in [7, 11) is 0. The second-order valence-electron chi connectivity index (χ2n) is 12.4. The quantitative estimate of drug-likeness (QED) is 0.174. The maximum absolute atomic E-state index is 5.14. The third kappa shape index (κ3) is 5.32. The maximum Gasteiger partial charge on any atom is 0.160 e. The predicted octanol–water partition coefficient (Wildman–Crippen LogP) is 11.1. The van der Waals surface area contributed by atoms with Crippen molar-refractivity contribution in [2.75, 3.05) is 0 Å². The minimum Gasteiger partial charge on any atom is -0.247 e. The Kier molecular flexibility index (Phi) is 7.03. The van der Waals surface area contributed by atoms with Gasteiger partial charge in [0.15, 0.2) is 5.82 Å². The minimum atomic E-state index is 0.712. The van der Waals surface area contributed by atoms with Gasteiger partial charge in [-0.15, -0.1) is 0 Å². The normalized spacial score (nSPS) is 11.5. The van der Waals surface area contributed by atoms with Crippen LogP contribution in [-0.2, 0) is 0 Å². The summed E-state index contributed by atoms with van der Waals surface area (Å²) in [6, 6.07) is 48.7. The number of aryl methyl sites for hydroxylation is 2. The lowest BCUT2D eigenvalue weighted by Crippen LogP contribution is -1.96. The summed E-state index contributed by atoms with van der Waals surface area (Å²) in [5.41, 5.74) is 14.3. The molecule has 232 valence electrons. The van der Waals surface area contributed by atoms with Crippen LogP contribution < -0.4 is 0 Å². The van der Waals surface area contributed by atoms with Crippen LogP contribution in [0.2, 0.25) is 0 Å². The molecule has 0 bridgehead atoms. The second kappa shape index (κ2) is 11.8. The van der Waals surface area contributed by atoms with Gasteiger partial charge in [-0.1, -0.05) is 120 Å². The molecule has 5 nitrogen and oxygen atoms in total. The van der Waals surface area contributed by atoms with Gasteiger partial charge < -0.3 is 0 Å². The fourth-order valence-electron chi connectivity index (χ4n) is 6.48. The number of para-hydroxylation sites is 1. The number of pyridine rings is 1. The number of benzene rings is 6. The van der Waals surface area contributed by atoms with Crippen molar-refractivity contribution in [3.05, 3.63) is 151 Å². The number of hydrogen-bond donors (Lipinski definition) is 0. The molecular weight excluding hydrogens is 619 g/mol. The molecule has 3 aromatic heterocycles. The summed E-state index contributed by atoms with van der Waals surface area (Å²) in [6.45, 7) is 4.19. The van der Waals surface area contributed by atoms with Gasteiger partial charge in [0.2, 0.25) is 0 Å². The molecule has 0 amide bonds. The highest BCUT2D eigenvalue weighted by Crippen LogP contribution is 2.37. The van der Waals surface area contributed by atoms with Gasteiger partial charge >= 0.3 is 0 Å². The zero-order chi connectivity index (χ0) is 32.9. The summed E-state index contributed by atoms with van der Waals surface area (Å²) in [5.74, 6) is 0.712. The maximum atomic E-state index is 5.14. The highest BCUT2D eigenvalue weighted by atomic mass is 32.1. The van der Waals surface area contributed by atoms with E-state index in [9.17, 15) is 0 Å². The van der Waals surface area contributed by atoms with Crippen molar-refractivity contribution in [3.8, 4) is 56.3 Å². The van der Waals surface area contributed by atoms with E-state index in [0.717, 1.165) is 83.2 Å². The van der Waals surface area contributed by atoms with E-state index in [1.165, 1.54) is 22.9 Å². The Hall–Kier alpha value is -6.11. The van der Waals surface area contributed by atoms with E-state index in [1.54, 1.807) is 0 Å². The van der Waals surface area contributed by atoms with Crippen LogP contribution in [-0.4, -0.2) is 23.7 Å². The van der Waals surface area contributed by atoms with Gasteiger partial charge in [0.25, 0.3) is 0 Å². The number of rotatable bonds is 5. The highest BCUT2D eigenvalue weighted by molar-refractivity contribution is 7.00. The molecule has 0 saturated carbocycles. The lowest BCUT2D eigenvalue weighted by molar-refractivity contribution is 1.18. The lowest BCUT2D eigenvalue weighted by Gasteiger charge is -2.12. The average molecular weight is 648 g/mol. The van der Waals surface area contributed by atoms with Gasteiger partial charge in [-0.05, 0) is 55.3 Å². The number of nitrogens with zero attached hydrogens (tertiary/aromatic N) is 5. The van der Waals surface area contributed by atoms with E-state index in [1.807, 2.05) is 12.1 Å². The molecule has 0 spiro atoms. The van der Waals surface area contributed by atoms with Crippen LogP contribution in [0.1, 0.15) is 11.1 Å². The molecule has 0 fully saturated rings. The molecule has 0 saturated heterocycles. The smallest absolute Gasteiger partial charge is 0.160 e. The molecule has 0 N–H and O–H groups in total. The Balaban J connectivity index is 1.12.